The van der Waals surface area contributed by atoms with E-state index < -0.39 is 0 Å². The van der Waals surface area contributed by atoms with Gasteiger partial charge in [0.1, 0.15) is 0 Å². The van der Waals surface area contributed by atoms with Crippen LogP contribution in [0, 0.1) is 0 Å². The molecule has 0 radical (unpaired) electrons. The predicted molar refractivity (Wildman–Crippen MR) is 65.2 cm³/mol. The van der Waals surface area contributed by atoms with Crippen LogP contribution >= 0.6 is 0 Å². The van der Waals surface area contributed by atoms with E-state index in [1.807, 2.05) is 0 Å². The van der Waals surface area contributed by atoms with Gasteiger partial charge in [0.2, 0.25) is 0 Å². The van der Waals surface area contributed by atoms with E-state index in [9.17, 15) is 0 Å². The Morgan fingerprint density at radius 2 is 1.06 bits per heavy atom. The van der Waals surface area contributed by atoms with Gasteiger partial charge in [-0.25, -0.2) is 0 Å². The van der Waals surface area contributed by atoms with Crippen molar-refractivity contribution in [3.05, 3.63) is 0 Å². The van der Waals surface area contributed by atoms with E-state index in [0.717, 1.165) is 0 Å². The molecule has 3 aliphatic heterocycles. The number of hydrogen-bond donors (Lipinski definition) is 0. The Labute approximate surface area is 98.8 Å². The number of piperazine rings is 1. The first-order valence-corrected chi connectivity index (χ1v) is 6.66. The molecule has 2 atom stereocenters. The lowest BCUT2D eigenvalue weighted by molar-refractivity contribution is -0.140. The molecular weight excluding hydrogens is 200 g/mol. The van der Waals surface area contributed by atoms with E-state index in [1.54, 1.807) is 0 Å². The van der Waals surface area contributed by atoms with Crippen molar-refractivity contribution in [3.63, 3.8) is 0 Å². The second kappa shape index (κ2) is 4.26. The third-order valence-electron chi connectivity index (χ3n) is 4.50. The predicted octanol–water partition coefficient (Wildman–Crippen LogP) is -0.0728. The standard InChI is InChI=1S/C12H24N4/c1-13-5-3-7-15-9-10-16-8-4-6-14(2)12(16)11(13)15/h11-12H,3-10H2,1-2H3/t11-,12+. The van der Waals surface area contributed by atoms with Crippen LogP contribution < -0.4 is 0 Å². The Kier molecular flexibility index (Phi) is 2.92. The lowest BCUT2D eigenvalue weighted by atomic mass is 10.1. The number of hydrogen-bond acceptors (Lipinski definition) is 4. The maximum Gasteiger partial charge on any atom is 0.0919 e. The van der Waals surface area contributed by atoms with Gasteiger partial charge in [0.15, 0.2) is 0 Å². The molecule has 0 aromatic heterocycles. The summed E-state index contributed by atoms with van der Waals surface area (Å²) in [5.41, 5.74) is 0. The van der Waals surface area contributed by atoms with Crippen molar-refractivity contribution in [1.29, 1.82) is 0 Å². The largest absolute Gasteiger partial charge is 0.288 e. The SMILES string of the molecule is CN1CCCN2CCN3CCCN(C)[C@@H]3[C@H]12. The van der Waals surface area contributed by atoms with Crippen molar-refractivity contribution >= 4 is 0 Å². The minimum Gasteiger partial charge on any atom is -0.288 e. The van der Waals surface area contributed by atoms with Gasteiger partial charge in [-0.15, -0.1) is 0 Å². The topological polar surface area (TPSA) is 13.0 Å². The molecule has 92 valence electrons. The van der Waals surface area contributed by atoms with Crippen LogP contribution in [-0.4, -0.2) is 85.3 Å². The van der Waals surface area contributed by atoms with Crippen molar-refractivity contribution in [2.75, 3.05) is 53.4 Å². The molecule has 3 rings (SSSR count). The highest BCUT2D eigenvalue weighted by molar-refractivity contribution is 4.94. The van der Waals surface area contributed by atoms with E-state index >= 15 is 0 Å². The molecule has 3 aliphatic rings. The Balaban J connectivity index is 1.83. The summed E-state index contributed by atoms with van der Waals surface area (Å²) in [6, 6.07) is 0. The quantitative estimate of drug-likeness (QED) is 0.571. The molecule has 16 heavy (non-hydrogen) atoms. The number of rotatable bonds is 0. The normalized spacial score (nSPS) is 39.4. The summed E-state index contributed by atoms with van der Waals surface area (Å²) in [5, 5.41) is 0. The van der Waals surface area contributed by atoms with E-state index in [1.165, 1.54) is 52.1 Å². The van der Waals surface area contributed by atoms with Gasteiger partial charge in [0.25, 0.3) is 0 Å². The highest BCUT2D eigenvalue weighted by Gasteiger charge is 2.43. The Morgan fingerprint density at radius 3 is 1.50 bits per heavy atom. The van der Waals surface area contributed by atoms with Gasteiger partial charge in [-0.3, -0.25) is 19.6 Å². The van der Waals surface area contributed by atoms with Crippen molar-refractivity contribution in [2.45, 2.75) is 25.2 Å². The summed E-state index contributed by atoms with van der Waals surface area (Å²) < 4.78 is 0. The molecule has 0 amide bonds. The number of nitrogens with zero attached hydrogens (tertiary/aromatic N) is 4. The van der Waals surface area contributed by atoms with Gasteiger partial charge < -0.3 is 0 Å². The van der Waals surface area contributed by atoms with Crippen LogP contribution in [-0.2, 0) is 0 Å². The molecule has 0 unspecified atom stereocenters. The third kappa shape index (κ3) is 1.68. The minimum atomic E-state index is 0.632. The minimum absolute atomic E-state index is 0.632. The number of likely N-dealkylation sites (N-methyl/N-ethyl adjacent to an activating group) is 2. The zero-order chi connectivity index (χ0) is 11.1. The van der Waals surface area contributed by atoms with Crippen LogP contribution in [0.1, 0.15) is 12.8 Å². The van der Waals surface area contributed by atoms with Crippen LogP contribution in [0.25, 0.3) is 0 Å². The molecule has 0 saturated carbocycles. The van der Waals surface area contributed by atoms with Crippen LogP contribution in [0.3, 0.4) is 0 Å². The van der Waals surface area contributed by atoms with Crippen LogP contribution in [0.2, 0.25) is 0 Å². The van der Waals surface area contributed by atoms with Crippen molar-refractivity contribution in [1.82, 2.24) is 19.6 Å². The average molecular weight is 224 g/mol. The Hall–Kier alpha value is -0.160. The highest BCUT2D eigenvalue weighted by atomic mass is 15.5. The van der Waals surface area contributed by atoms with E-state index in [0.29, 0.717) is 12.3 Å². The molecule has 3 fully saturated rings. The van der Waals surface area contributed by atoms with Crippen molar-refractivity contribution in [2.24, 2.45) is 0 Å². The fraction of sp³-hybridized carbons (Fsp3) is 1.00. The van der Waals surface area contributed by atoms with Gasteiger partial charge in [-0.2, -0.15) is 0 Å². The maximum atomic E-state index is 2.69. The first-order valence-electron chi connectivity index (χ1n) is 6.66. The molecular formula is C12H24N4. The van der Waals surface area contributed by atoms with Crippen molar-refractivity contribution < 1.29 is 0 Å². The monoisotopic (exact) mass is 224 g/mol. The van der Waals surface area contributed by atoms with Crippen LogP contribution in [0.15, 0.2) is 0 Å². The maximum absolute atomic E-state index is 2.69. The number of fused-ring (bicyclic) bond motifs is 3. The molecule has 0 N–H and O–H groups in total. The second-order valence-corrected chi connectivity index (χ2v) is 5.57. The summed E-state index contributed by atoms with van der Waals surface area (Å²) in [7, 11) is 4.59. The first kappa shape index (κ1) is 11.0. The lowest BCUT2D eigenvalue weighted by Crippen LogP contribution is -2.72. The van der Waals surface area contributed by atoms with E-state index in [-0.39, 0.29) is 0 Å². The van der Waals surface area contributed by atoms with Gasteiger partial charge in [-0.05, 0) is 26.9 Å². The molecule has 4 heteroatoms. The Bertz CT molecular complexity index is 231. The zero-order valence-corrected chi connectivity index (χ0v) is 10.6. The molecule has 3 heterocycles. The van der Waals surface area contributed by atoms with E-state index in [4.69, 9.17) is 0 Å². The average Bonchev–Trinajstić information content (AvgIpc) is 2.29. The summed E-state index contributed by atoms with van der Waals surface area (Å²) in [5.74, 6) is 0. The van der Waals surface area contributed by atoms with Crippen LogP contribution in [0.4, 0.5) is 0 Å². The summed E-state index contributed by atoms with van der Waals surface area (Å²) in [4.78, 5) is 10.5. The molecule has 0 aromatic carbocycles. The first-order chi connectivity index (χ1) is 7.77. The van der Waals surface area contributed by atoms with Gasteiger partial charge >= 0.3 is 0 Å². The molecule has 4 nitrogen and oxygen atoms in total. The fourth-order valence-electron chi connectivity index (χ4n) is 3.71. The summed E-state index contributed by atoms with van der Waals surface area (Å²) in [6.07, 6.45) is 3.94. The molecule has 0 spiro atoms. The fourth-order valence-corrected chi connectivity index (χ4v) is 3.71. The van der Waals surface area contributed by atoms with Gasteiger partial charge in [0, 0.05) is 39.3 Å². The summed E-state index contributed by atoms with van der Waals surface area (Å²) in [6.45, 7) is 7.65. The molecule has 3 saturated heterocycles. The third-order valence-corrected chi connectivity index (χ3v) is 4.50. The van der Waals surface area contributed by atoms with Gasteiger partial charge in [-0.1, -0.05) is 0 Å². The van der Waals surface area contributed by atoms with E-state index in [2.05, 4.69) is 33.7 Å². The second-order valence-electron chi connectivity index (χ2n) is 5.57. The summed E-state index contributed by atoms with van der Waals surface area (Å²) >= 11 is 0. The van der Waals surface area contributed by atoms with Crippen molar-refractivity contribution in [3.8, 4) is 0 Å². The van der Waals surface area contributed by atoms with Gasteiger partial charge in [0.05, 0.1) is 12.3 Å². The van der Waals surface area contributed by atoms with Crippen LogP contribution in [0.5, 0.6) is 0 Å². The lowest BCUT2D eigenvalue weighted by Gasteiger charge is -2.57. The smallest absolute Gasteiger partial charge is 0.0919 e. The molecule has 0 bridgehead atoms. The zero-order valence-electron chi connectivity index (χ0n) is 10.6. The molecule has 0 aliphatic carbocycles. The Morgan fingerprint density at radius 1 is 0.625 bits per heavy atom. The highest BCUT2D eigenvalue weighted by Crippen LogP contribution is 2.27. The molecule has 0 aromatic rings.